The number of rotatable bonds is 4. The van der Waals surface area contributed by atoms with E-state index >= 15 is 0 Å². The highest BCUT2D eigenvalue weighted by Gasteiger charge is 2.38. The minimum absolute atomic E-state index is 0.0785. The van der Waals surface area contributed by atoms with Gasteiger partial charge in [0, 0.05) is 52.4 Å². The minimum Gasteiger partial charge on any atom is -0.361 e. The van der Waals surface area contributed by atoms with Gasteiger partial charge in [-0.25, -0.2) is 4.98 Å². The maximum atomic E-state index is 13.3. The van der Waals surface area contributed by atoms with Crippen LogP contribution in [-0.2, 0) is 24.1 Å². The van der Waals surface area contributed by atoms with Gasteiger partial charge in [-0.1, -0.05) is 29.3 Å². The van der Waals surface area contributed by atoms with Gasteiger partial charge in [0.25, 0.3) is 0 Å². The molecular weight excluding hydrogens is 455 g/mol. The van der Waals surface area contributed by atoms with E-state index in [4.69, 9.17) is 23.2 Å². The molecule has 1 aliphatic heterocycles. The van der Waals surface area contributed by atoms with Crippen molar-refractivity contribution in [1.29, 1.82) is 0 Å². The third kappa shape index (κ3) is 3.73. The summed E-state index contributed by atoms with van der Waals surface area (Å²) in [6, 6.07) is 12.5. The van der Waals surface area contributed by atoms with E-state index < -0.39 is 0 Å². The highest BCUT2D eigenvalue weighted by molar-refractivity contribution is 6.36. The molecule has 2 N–H and O–H groups in total. The van der Waals surface area contributed by atoms with Gasteiger partial charge in [0.05, 0.1) is 12.0 Å². The van der Waals surface area contributed by atoms with Crippen molar-refractivity contribution in [2.45, 2.75) is 38.1 Å². The van der Waals surface area contributed by atoms with Gasteiger partial charge in [-0.2, -0.15) is 0 Å². The molecule has 1 amide bonds. The molecule has 0 bridgehead atoms. The number of hydrogen-bond donors (Lipinski definition) is 2. The van der Waals surface area contributed by atoms with Crippen LogP contribution in [0.15, 0.2) is 48.9 Å². The average molecular weight is 479 g/mol. The lowest BCUT2D eigenvalue weighted by Crippen LogP contribution is -2.41. The smallest absolute Gasteiger partial charge is 0.226 e. The lowest BCUT2D eigenvalue weighted by atomic mass is 9.94. The summed E-state index contributed by atoms with van der Waals surface area (Å²) in [5, 5.41) is 2.39. The SMILES string of the molecule is O=C1[C@H](Cc2c(Cl)cc(-c3ccc4[nH]ccc4c3)cc2Cl)CCN1C1CCc2nc[nH]c2C1. The second kappa shape index (κ2) is 8.23. The molecule has 0 spiro atoms. The first-order valence-corrected chi connectivity index (χ1v) is 12.2. The molecule has 7 heteroatoms. The predicted molar refractivity (Wildman–Crippen MR) is 132 cm³/mol. The molecule has 168 valence electrons. The number of aromatic amines is 2. The van der Waals surface area contributed by atoms with Crippen LogP contribution in [0.2, 0.25) is 10.0 Å². The van der Waals surface area contributed by atoms with Crippen LogP contribution >= 0.6 is 23.2 Å². The first-order chi connectivity index (χ1) is 16.1. The number of aromatic nitrogens is 3. The topological polar surface area (TPSA) is 64.8 Å². The number of aryl methyl sites for hydroxylation is 1. The Balaban J connectivity index is 1.20. The molecule has 4 aromatic rings. The molecule has 0 radical (unpaired) electrons. The minimum atomic E-state index is -0.0785. The normalized spacial score (nSPS) is 20.5. The fourth-order valence-corrected chi connectivity index (χ4v) is 6.05. The third-order valence-electron chi connectivity index (χ3n) is 7.23. The molecule has 2 aromatic carbocycles. The molecule has 1 fully saturated rings. The highest BCUT2D eigenvalue weighted by Crippen LogP contribution is 2.37. The van der Waals surface area contributed by atoms with Crippen LogP contribution < -0.4 is 0 Å². The van der Waals surface area contributed by atoms with Crippen LogP contribution in [0.5, 0.6) is 0 Å². The fraction of sp³-hybridized carbons (Fsp3) is 0.308. The number of amides is 1. The van der Waals surface area contributed by atoms with E-state index in [-0.39, 0.29) is 17.9 Å². The van der Waals surface area contributed by atoms with Gasteiger partial charge in [-0.15, -0.1) is 0 Å². The van der Waals surface area contributed by atoms with E-state index in [0.29, 0.717) is 16.5 Å². The predicted octanol–water partition coefficient (Wildman–Crippen LogP) is 5.81. The molecule has 2 aliphatic rings. The first-order valence-electron chi connectivity index (χ1n) is 11.4. The van der Waals surface area contributed by atoms with Gasteiger partial charge in [0.1, 0.15) is 0 Å². The number of carbonyl (C=O) groups excluding carboxylic acids is 1. The Hall–Kier alpha value is -2.76. The number of halogens is 2. The summed E-state index contributed by atoms with van der Waals surface area (Å²) in [5.74, 6) is 0.141. The Kier molecular flexibility index (Phi) is 5.19. The summed E-state index contributed by atoms with van der Waals surface area (Å²) in [4.78, 5) is 26.2. The zero-order valence-corrected chi connectivity index (χ0v) is 19.6. The van der Waals surface area contributed by atoms with E-state index in [0.717, 1.165) is 65.5 Å². The summed E-state index contributed by atoms with van der Waals surface area (Å²) in [6.07, 6.45) is 7.85. The van der Waals surface area contributed by atoms with Gasteiger partial charge in [-0.05, 0) is 78.1 Å². The van der Waals surface area contributed by atoms with Crippen molar-refractivity contribution in [1.82, 2.24) is 19.9 Å². The van der Waals surface area contributed by atoms with E-state index in [1.54, 1.807) is 6.33 Å². The summed E-state index contributed by atoms with van der Waals surface area (Å²) < 4.78 is 0. The van der Waals surface area contributed by atoms with E-state index in [2.05, 4.69) is 38.1 Å². The molecule has 33 heavy (non-hydrogen) atoms. The Morgan fingerprint density at radius 2 is 1.88 bits per heavy atom. The maximum Gasteiger partial charge on any atom is 0.226 e. The molecular formula is C26H24Cl2N4O. The van der Waals surface area contributed by atoms with Crippen molar-refractivity contribution in [2.24, 2.45) is 5.92 Å². The van der Waals surface area contributed by atoms with Crippen LogP contribution in [0.3, 0.4) is 0 Å². The largest absolute Gasteiger partial charge is 0.361 e. The molecule has 5 nitrogen and oxygen atoms in total. The highest BCUT2D eigenvalue weighted by atomic mass is 35.5. The van der Waals surface area contributed by atoms with Crippen LogP contribution in [0.1, 0.15) is 29.8 Å². The van der Waals surface area contributed by atoms with E-state index in [1.165, 1.54) is 5.69 Å². The molecule has 3 heterocycles. The van der Waals surface area contributed by atoms with Gasteiger partial charge in [0.15, 0.2) is 0 Å². The van der Waals surface area contributed by atoms with Crippen molar-refractivity contribution in [3.63, 3.8) is 0 Å². The number of likely N-dealkylation sites (tertiary alicyclic amines) is 1. The average Bonchev–Trinajstić information content (AvgIpc) is 3.55. The molecule has 6 rings (SSSR count). The lowest BCUT2D eigenvalue weighted by molar-refractivity contribution is -0.133. The molecule has 0 saturated carbocycles. The molecule has 1 saturated heterocycles. The Morgan fingerprint density at radius 3 is 2.73 bits per heavy atom. The van der Waals surface area contributed by atoms with Crippen molar-refractivity contribution < 1.29 is 4.79 Å². The third-order valence-corrected chi connectivity index (χ3v) is 7.91. The summed E-state index contributed by atoms with van der Waals surface area (Å²) >= 11 is 13.4. The fourth-order valence-electron chi connectivity index (χ4n) is 5.41. The second-order valence-electron chi connectivity index (χ2n) is 9.14. The Bertz CT molecular complexity index is 1330. The quantitative estimate of drug-likeness (QED) is 0.388. The van der Waals surface area contributed by atoms with Crippen LogP contribution in [0, 0.1) is 5.92 Å². The molecule has 2 atom stereocenters. The molecule has 2 aromatic heterocycles. The number of imidazole rings is 1. The number of hydrogen-bond acceptors (Lipinski definition) is 2. The van der Waals surface area contributed by atoms with Crippen molar-refractivity contribution in [3.8, 4) is 11.1 Å². The summed E-state index contributed by atoms with van der Waals surface area (Å²) in [5.41, 5.74) is 6.32. The molecule has 1 unspecified atom stereocenters. The zero-order valence-electron chi connectivity index (χ0n) is 18.1. The maximum absolute atomic E-state index is 13.3. The van der Waals surface area contributed by atoms with E-state index in [1.807, 2.05) is 24.4 Å². The standard InChI is InChI=1S/C26H24Cl2N4O/c27-21-11-18(15-1-3-23-16(9-15)5-7-29-23)12-22(28)20(21)10-17-6-8-32(26(17)33)19-2-4-24-25(13-19)31-14-30-24/h1,3,5,7,9,11-12,14,17,19,29H,2,4,6,8,10,13H2,(H,30,31)/t17-,19?/m0/s1. The number of nitrogens with one attached hydrogen (secondary N) is 2. The van der Waals surface area contributed by atoms with Crippen molar-refractivity contribution in [2.75, 3.05) is 6.54 Å². The first kappa shape index (κ1) is 20.8. The lowest BCUT2D eigenvalue weighted by Gasteiger charge is -2.31. The van der Waals surface area contributed by atoms with Gasteiger partial charge < -0.3 is 14.9 Å². The Labute approximate surface area is 202 Å². The van der Waals surface area contributed by atoms with Crippen molar-refractivity contribution >= 4 is 40.0 Å². The number of H-pyrrole nitrogens is 2. The number of nitrogens with zero attached hydrogens (tertiary/aromatic N) is 2. The zero-order chi connectivity index (χ0) is 22.5. The van der Waals surface area contributed by atoms with E-state index in [9.17, 15) is 4.79 Å². The number of benzene rings is 2. The Morgan fingerprint density at radius 1 is 1.03 bits per heavy atom. The van der Waals surface area contributed by atoms with Crippen LogP contribution in [-0.4, -0.2) is 38.3 Å². The second-order valence-corrected chi connectivity index (χ2v) is 9.96. The van der Waals surface area contributed by atoms with Crippen LogP contribution in [0.25, 0.3) is 22.0 Å². The number of carbonyl (C=O) groups is 1. The van der Waals surface area contributed by atoms with Gasteiger partial charge >= 0.3 is 0 Å². The van der Waals surface area contributed by atoms with Crippen LogP contribution in [0.4, 0.5) is 0 Å². The van der Waals surface area contributed by atoms with Gasteiger partial charge in [-0.3, -0.25) is 4.79 Å². The summed E-state index contributed by atoms with van der Waals surface area (Å²) in [7, 11) is 0. The summed E-state index contributed by atoms with van der Waals surface area (Å²) in [6.45, 7) is 0.793. The van der Waals surface area contributed by atoms with Gasteiger partial charge in [0.2, 0.25) is 5.91 Å². The molecule has 1 aliphatic carbocycles. The van der Waals surface area contributed by atoms with Crippen molar-refractivity contribution in [3.05, 3.63) is 75.9 Å². The monoisotopic (exact) mass is 478 g/mol. The number of fused-ring (bicyclic) bond motifs is 2.